The Hall–Kier alpha value is -2.04. The van der Waals surface area contributed by atoms with E-state index in [-0.39, 0.29) is 0 Å². The van der Waals surface area contributed by atoms with Crippen molar-refractivity contribution in [2.24, 2.45) is 0 Å². The zero-order valence-corrected chi connectivity index (χ0v) is 7.60. The molecule has 0 fully saturated rings. The first-order chi connectivity index (χ1) is 6.72. The summed E-state index contributed by atoms with van der Waals surface area (Å²) in [5.41, 5.74) is 7.25. The fraction of sp³-hybridized carbons (Fsp3) is 0.111. The van der Waals surface area contributed by atoms with Crippen molar-refractivity contribution >= 4 is 17.2 Å². The summed E-state index contributed by atoms with van der Waals surface area (Å²) >= 11 is 0. The highest BCUT2D eigenvalue weighted by Crippen LogP contribution is 2.14. The van der Waals surface area contributed by atoms with E-state index in [9.17, 15) is 4.79 Å². The third kappa shape index (κ3) is 1.19. The first kappa shape index (κ1) is 8.55. The second-order valence-corrected chi connectivity index (χ2v) is 2.84. The number of hydrogen-bond acceptors (Lipinski definition) is 4. The standard InChI is InChI=1S/C9H9N3O2/c1-14-9(13)7-5-11-12-3-2-6(10)4-8(7)12/h2-5H,10H2,1H3. The zero-order valence-electron chi connectivity index (χ0n) is 7.60. The van der Waals surface area contributed by atoms with Gasteiger partial charge in [0.2, 0.25) is 0 Å². The minimum Gasteiger partial charge on any atom is -0.465 e. The monoisotopic (exact) mass is 191 g/mol. The van der Waals surface area contributed by atoms with E-state index in [4.69, 9.17) is 5.73 Å². The predicted molar refractivity (Wildman–Crippen MR) is 50.9 cm³/mol. The normalized spacial score (nSPS) is 10.4. The van der Waals surface area contributed by atoms with Crippen LogP contribution in [0, 0.1) is 0 Å². The van der Waals surface area contributed by atoms with Gasteiger partial charge in [-0.05, 0) is 12.1 Å². The van der Waals surface area contributed by atoms with Crippen molar-refractivity contribution in [3.05, 3.63) is 30.1 Å². The number of aromatic nitrogens is 2. The Morgan fingerprint density at radius 3 is 3.14 bits per heavy atom. The van der Waals surface area contributed by atoms with Crippen LogP contribution in [0.3, 0.4) is 0 Å². The highest BCUT2D eigenvalue weighted by Gasteiger charge is 2.12. The van der Waals surface area contributed by atoms with E-state index in [0.29, 0.717) is 16.8 Å². The molecule has 2 N–H and O–H groups in total. The fourth-order valence-electron chi connectivity index (χ4n) is 1.26. The quantitative estimate of drug-likeness (QED) is 0.674. The molecular weight excluding hydrogens is 182 g/mol. The predicted octanol–water partition coefficient (Wildman–Crippen LogP) is 0.703. The van der Waals surface area contributed by atoms with E-state index in [1.807, 2.05) is 0 Å². The van der Waals surface area contributed by atoms with Crippen LogP contribution >= 0.6 is 0 Å². The van der Waals surface area contributed by atoms with Crippen LogP contribution in [0.25, 0.3) is 5.52 Å². The van der Waals surface area contributed by atoms with E-state index in [2.05, 4.69) is 9.84 Å². The number of carbonyl (C=O) groups excluding carboxylic acids is 1. The Morgan fingerprint density at radius 1 is 1.64 bits per heavy atom. The average Bonchev–Trinajstić information content (AvgIpc) is 2.59. The topological polar surface area (TPSA) is 69.6 Å². The van der Waals surface area contributed by atoms with Crippen LogP contribution < -0.4 is 5.73 Å². The molecule has 0 aliphatic heterocycles. The first-order valence-electron chi connectivity index (χ1n) is 4.03. The summed E-state index contributed by atoms with van der Waals surface area (Å²) in [6.45, 7) is 0. The minimum absolute atomic E-state index is 0.411. The number of carbonyl (C=O) groups is 1. The molecule has 0 saturated carbocycles. The maximum absolute atomic E-state index is 11.3. The molecular formula is C9H9N3O2. The van der Waals surface area contributed by atoms with E-state index in [1.54, 1.807) is 22.8 Å². The SMILES string of the molecule is COC(=O)c1cnn2ccc(N)cc12. The van der Waals surface area contributed by atoms with Gasteiger partial charge in [-0.25, -0.2) is 9.31 Å². The average molecular weight is 191 g/mol. The third-order valence-corrected chi connectivity index (χ3v) is 1.95. The number of nitrogens with two attached hydrogens (primary N) is 1. The number of anilines is 1. The van der Waals surface area contributed by atoms with Gasteiger partial charge in [-0.15, -0.1) is 0 Å². The number of fused-ring (bicyclic) bond motifs is 1. The van der Waals surface area contributed by atoms with Crippen molar-refractivity contribution in [3.63, 3.8) is 0 Å². The first-order valence-corrected chi connectivity index (χ1v) is 4.03. The smallest absolute Gasteiger partial charge is 0.341 e. The second kappa shape index (κ2) is 3.02. The molecule has 0 bridgehead atoms. The Morgan fingerprint density at radius 2 is 2.43 bits per heavy atom. The van der Waals surface area contributed by atoms with Gasteiger partial charge in [0, 0.05) is 11.9 Å². The number of nitrogen functional groups attached to an aromatic ring is 1. The van der Waals surface area contributed by atoms with Gasteiger partial charge in [-0.1, -0.05) is 0 Å². The highest BCUT2D eigenvalue weighted by molar-refractivity contribution is 5.97. The molecule has 0 unspecified atom stereocenters. The van der Waals surface area contributed by atoms with Crippen molar-refractivity contribution in [3.8, 4) is 0 Å². The lowest BCUT2D eigenvalue weighted by Gasteiger charge is -1.97. The molecule has 0 saturated heterocycles. The summed E-state index contributed by atoms with van der Waals surface area (Å²) in [4.78, 5) is 11.3. The van der Waals surface area contributed by atoms with Crippen LogP contribution in [0.5, 0.6) is 0 Å². The van der Waals surface area contributed by atoms with Crippen molar-refractivity contribution < 1.29 is 9.53 Å². The molecule has 0 radical (unpaired) electrons. The van der Waals surface area contributed by atoms with E-state index in [0.717, 1.165) is 0 Å². The van der Waals surface area contributed by atoms with Gasteiger partial charge in [0.05, 0.1) is 18.8 Å². The van der Waals surface area contributed by atoms with Gasteiger partial charge in [0.1, 0.15) is 5.56 Å². The lowest BCUT2D eigenvalue weighted by molar-refractivity contribution is 0.0603. The molecule has 5 nitrogen and oxygen atoms in total. The van der Waals surface area contributed by atoms with Gasteiger partial charge in [0.25, 0.3) is 0 Å². The number of rotatable bonds is 1. The van der Waals surface area contributed by atoms with Gasteiger partial charge < -0.3 is 10.5 Å². The summed E-state index contributed by atoms with van der Waals surface area (Å²) in [5.74, 6) is -0.411. The van der Waals surface area contributed by atoms with Gasteiger partial charge in [-0.2, -0.15) is 5.10 Å². The van der Waals surface area contributed by atoms with Crippen molar-refractivity contribution in [2.45, 2.75) is 0 Å². The van der Waals surface area contributed by atoms with E-state index in [1.165, 1.54) is 13.3 Å². The number of pyridine rings is 1. The molecule has 0 spiro atoms. The van der Waals surface area contributed by atoms with E-state index >= 15 is 0 Å². The lowest BCUT2D eigenvalue weighted by atomic mass is 10.2. The molecule has 0 aromatic carbocycles. The number of nitrogens with zero attached hydrogens (tertiary/aromatic N) is 2. The van der Waals surface area contributed by atoms with Gasteiger partial charge in [-0.3, -0.25) is 0 Å². The molecule has 72 valence electrons. The van der Waals surface area contributed by atoms with Crippen LogP contribution in [0.1, 0.15) is 10.4 Å². The zero-order chi connectivity index (χ0) is 10.1. The lowest BCUT2D eigenvalue weighted by Crippen LogP contribution is -2.00. The van der Waals surface area contributed by atoms with Crippen LogP contribution in [-0.2, 0) is 4.74 Å². The summed E-state index contributed by atoms with van der Waals surface area (Å²) in [5, 5.41) is 3.99. The van der Waals surface area contributed by atoms with Crippen LogP contribution in [0.2, 0.25) is 0 Å². The molecule has 0 aliphatic carbocycles. The molecule has 0 aliphatic rings. The number of methoxy groups -OCH3 is 1. The van der Waals surface area contributed by atoms with Crippen molar-refractivity contribution in [2.75, 3.05) is 12.8 Å². The van der Waals surface area contributed by atoms with Gasteiger partial charge >= 0.3 is 5.97 Å². The minimum atomic E-state index is -0.411. The van der Waals surface area contributed by atoms with Crippen LogP contribution in [-0.4, -0.2) is 22.7 Å². The van der Waals surface area contributed by atoms with E-state index < -0.39 is 5.97 Å². The summed E-state index contributed by atoms with van der Waals surface area (Å²) < 4.78 is 6.18. The molecule has 2 heterocycles. The number of ether oxygens (including phenoxy) is 1. The van der Waals surface area contributed by atoms with Crippen molar-refractivity contribution in [1.82, 2.24) is 9.61 Å². The summed E-state index contributed by atoms with van der Waals surface area (Å²) in [7, 11) is 1.33. The largest absolute Gasteiger partial charge is 0.465 e. The number of esters is 1. The Kier molecular flexibility index (Phi) is 1.85. The maximum Gasteiger partial charge on any atom is 0.341 e. The Bertz CT molecular complexity index is 490. The highest BCUT2D eigenvalue weighted by atomic mass is 16.5. The molecule has 2 aromatic rings. The maximum atomic E-state index is 11.3. The molecule has 5 heteroatoms. The summed E-state index contributed by atoms with van der Waals surface area (Å²) in [6.07, 6.45) is 3.15. The molecule has 0 amide bonds. The third-order valence-electron chi connectivity index (χ3n) is 1.95. The van der Waals surface area contributed by atoms with Crippen LogP contribution in [0.15, 0.2) is 24.5 Å². The molecule has 0 atom stereocenters. The Balaban J connectivity index is 2.67. The molecule has 14 heavy (non-hydrogen) atoms. The molecule has 2 aromatic heterocycles. The van der Waals surface area contributed by atoms with Gasteiger partial charge in [0.15, 0.2) is 0 Å². The second-order valence-electron chi connectivity index (χ2n) is 2.84. The Labute approximate surface area is 80.1 Å². The summed E-state index contributed by atoms with van der Waals surface area (Å²) in [6, 6.07) is 3.39. The number of hydrogen-bond donors (Lipinski definition) is 1. The van der Waals surface area contributed by atoms with Crippen LogP contribution in [0.4, 0.5) is 5.69 Å². The van der Waals surface area contributed by atoms with Crippen molar-refractivity contribution in [1.29, 1.82) is 0 Å². The fourth-order valence-corrected chi connectivity index (χ4v) is 1.26. The molecule has 2 rings (SSSR count).